The van der Waals surface area contributed by atoms with Crippen LogP contribution in [0, 0.1) is 5.41 Å². The van der Waals surface area contributed by atoms with Crippen molar-refractivity contribution in [2.75, 3.05) is 0 Å². The molecule has 0 spiro atoms. The maximum Gasteiger partial charge on any atom is -1.00 e. The predicted molar refractivity (Wildman–Crippen MR) is 72.9 cm³/mol. The zero-order chi connectivity index (χ0) is 13.2. The van der Waals surface area contributed by atoms with E-state index in [4.69, 9.17) is 0 Å². The Morgan fingerprint density at radius 1 is 1.32 bits per heavy atom. The van der Waals surface area contributed by atoms with Crippen LogP contribution in [0.15, 0.2) is 21.1 Å². The first kappa shape index (κ1) is 21.9. The first-order chi connectivity index (χ1) is 7.71. The number of hydrogen-bond acceptors (Lipinski definition) is 1. The van der Waals surface area contributed by atoms with Gasteiger partial charge in [0.15, 0.2) is 0 Å². The Balaban J connectivity index is 0. The quantitative estimate of drug-likeness (QED) is 0.420. The summed E-state index contributed by atoms with van der Waals surface area (Å²) >= 11 is -2.01. The van der Waals surface area contributed by atoms with E-state index in [1.165, 1.54) is 5.57 Å². The Kier molecular flexibility index (Phi) is 10.2. The molecule has 0 aliphatic heterocycles. The second-order valence-electron chi connectivity index (χ2n) is 6.09. The Hall–Kier alpha value is 0.617. The molecule has 1 rings (SSSR count). The van der Waals surface area contributed by atoms with Gasteiger partial charge in [-0.3, -0.25) is 0 Å². The summed E-state index contributed by atoms with van der Waals surface area (Å²) in [7, 11) is 0. The standard InChI is InChI=1S/C6H7.C5H11NO.C2H7Si.2ClH.Hf/c1-6-4-2-3-5-6;1-5(2,3)4(6)7;1-3-2;;;/h4-5H,2H2,1H3;1-3H3,(H2,6,7);3H,1-2H3;2*1H;/q;;;;;+3/p-3. The van der Waals surface area contributed by atoms with Crippen molar-refractivity contribution in [2.45, 2.75) is 47.2 Å². The van der Waals surface area contributed by atoms with E-state index in [9.17, 15) is 4.79 Å². The molecule has 0 saturated heterocycles. The Bertz CT molecular complexity index is 375. The van der Waals surface area contributed by atoms with Gasteiger partial charge in [-0.25, -0.2) is 0 Å². The SMILES string of the molecule is CC1=CC[C]([Hf+2]([NH]C(=O)C(C)(C)C)[SiH](C)C)=C1.[Cl-].[Cl-]. The molecule has 0 aromatic rings. The van der Waals surface area contributed by atoms with Gasteiger partial charge in [-0.1, -0.05) is 0 Å². The molecule has 109 valence electrons. The van der Waals surface area contributed by atoms with Crippen LogP contribution in [0.25, 0.3) is 0 Å². The molecule has 0 saturated carbocycles. The van der Waals surface area contributed by atoms with E-state index in [0.717, 1.165) is 6.42 Å². The summed E-state index contributed by atoms with van der Waals surface area (Å²) in [6, 6.07) is 0. The van der Waals surface area contributed by atoms with Gasteiger partial charge in [0, 0.05) is 0 Å². The average Bonchev–Trinajstić information content (AvgIpc) is 2.58. The first-order valence-electron chi connectivity index (χ1n) is 6.28. The summed E-state index contributed by atoms with van der Waals surface area (Å²) in [4.78, 5) is 12.1. The number of hydrogen-bond donors (Lipinski definition) is 1. The van der Waals surface area contributed by atoms with Gasteiger partial charge < -0.3 is 24.8 Å². The van der Waals surface area contributed by atoms with E-state index in [0.29, 0.717) is 0 Å². The third-order valence-corrected chi connectivity index (χ3v) is 26.2. The maximum atomic E-state index is 12.1. The molecule has 0 atom stereocenters. The number of carbonyl (C=O) groups excluding carboxylic acids is 1. The van der Waals surface area contributed by atoms with Crippen molar-refractivity contribution in [3.05, 3.63) is 21.1 Å². The van der Waals surface area contributed by atoms with Gasteiger partial charge in [-0.2, -0.15) is 0 Å². The van der Waals surface area contributed by atoms with E-state index < -0.39 is 26.9 Å². The average molecular weight is 488 g/mol. The molecule has 0 aromatic carbocycles. The van der Waals surface area contributed by atoms with Gasteiger partial charge in [-0.15, -0.1) is 0 Å². The van der Waals surface area contributed by atoms with Gasteiger partial charge in [0.05, 0.1) is 0 Å². The number of nitrogens with one attached hydrogen (secondary N) is 1. The third-order valence-electron chi connectivity index (χ3n) is 2.90. The zero-order valence-electron chi connectivity index (χ0n) is 12.6. The van der Waals surface area contributed by atoms with E-state index in [2.05, 4.69) is 35.5 Å². The largest absolute Gasteiger partial charge is 1.00 e. The Labute approximate surface area is 138 Å². The maximum absolute atomic E-state index is 12.1. The van der Waals surface area contributed by atoms with Crippen molar-refractivity contribution < 1.29 is 50.5 Å². The predicted octanol–water partition coefficient (Wildman–Crippen LogP) is -3.09. The summed E-state index contributed by atoms with van der Waals surface area (Å²) < 4.78 is 5.06. The molecule has 2 nitrogen and oxygen atoms in total. The number of amides is 1. The molecule has 1 aliphatic rings. The minimum absolute atomic E-state index is 0. The van der Waals surface area contributed by atoms with Gasteiger partial charge in [0.2, 0.25) is 0 Å². The van der Waals surface area contributed by atoms with Crippen molar-refractivity contribution in [3.8, 4) is 0 Å². The second kappa shape index (κ2) is 8.80. The minimum atomic E-state index is -2.01. The van der Waals surface area contributed by atoms with Crippen LogP contribution in [-0.4, -0.2) is 11.9 Å². The summed E-state index contributed by atoms with van der Waals surface area (Å²) in [5.41, 5.74) is 1.13. The molecule has 0 aromatic heterocycles. The molecule has 19 heavy (non-hydrogen) atoms. The normalized spacial score (nSPS) is 14.1. The molecule has 0 radical (unpaired) electrons. The van der Waals surface area contributed by atoms with Crippen LogP contribution in [0.5, 0.6) is 0 Å². The molecule has 0 heterocycles. The Morgan fingerprint density at radius 3 is 2.16 bits per heavy atom. The molecule has 0 fully saturated rings. The van der Waals surface area contributed by atoms with Crippen molar-refractivity contribution in [1.29, 1.82) is 0 Å². The molecule has 1 N–H and O–H groups in total. The van der Waals surface area contributed by atoms with E-state index in [1.54, 1.807) is 3.33 Å². The van der Waals surface area contributed by atoms with Gasteiger partial charge in [0.25, 0.3) is 0 Å². The van der Waals surface area contributed by atoms with Crippen LogP contribution in [0.3, 0.4) is 0 Å². The van der Waals surface area contributed by atoms with E-state index in [1.807, 2.05) is 20.8 Å². The summed E-state index contributed by atoms with van der Waals surface area (Å²) in [5.74, 6) is -0.459. The molecule has 1 aliphatic carbocycles. The number of allylic oxidation sites excluding steroid dienone is 4. The fraction of sp³-hybridized carbons (Fsp3) is 0.615. The van der Waals surface area contributed by atoms with Crippen LogP contribution in [-0.2, 0) is 25.7 Å². The molecular weight excluding hydrogens is 464 g/mol. The van der Waals surface area contributed by atoms with E-state index in [-0.39, 0.29) is 36.1 Å². The van der Waals surface area contributed by atoms with Crippen molar-refractivity contribution in [3.63, 3.8) is 0 Å². The van der Waals surface area contributed by atoms with Crippen molar-refractivity contribution in [1.82, 2.24) is 3.30 Å². The fourth-order valence-electron chi connectivity index (χ4n) is 1.76. The van der Waals surface area contributed by atoms with Crippen LogP contribution in [0.4, 0.5) is 0 Å². The second-order valence-corrected chi connectivity index (χ2v) is 31.8. The molecule has 6 heteroatoms. The molecule has 1 amide bonds. The van der Waals surface area contributed by atoms with Gasteiger partial charge >= 0.3 is 115 Å². The first-order valence-corrected chi connectivity index (χ1v) is 19.0. The smallest absolute Gasteiger partial charge is 1.00 e. The fourth-order valence-corrected chi connectivity index (χ4v) is 21.9. The number of carbonyl (C=O) groups is 1. The number of rotatable bonds is 3. The molecule has 0 unspecified atom stereocenters. The van der Waals surface area contributed by atoms with Gasteiger partial charge in [0.1, 0.15) is 0 Å². The van der Waals surface area contributed by atoms with Crippen LogP contribution < -0.4 is 28.1 Å². The third kappa shape index (κ3) is 6.74. The summed E-state index contributed by atoms with van der Waals surface area (Å²) in [5, 5.41) is 0. The van der Waals surface area contributed by atoms with Crippen LogP contribution in [0.2, 0.25) is 13.1 Å². The number of halogens is 2. The molecular formula is C13H24Cl2HfNOSi. The van der Waals surface area contributed by atoms with Gasteiger partial charge in [-0.05, 0) is 0 Å². The van der Waals surface area contributed by atoms with Crippen LogP contribution in [0.1, 0.15) is 34.1 Å². The van der Waals surface area contributed by atoms with Crippen molar-refractivity contribution in [2.24, 2.45) is 5.41 Å². The van der Waals surface area contributed by atoms with Crippen LogP contribution >= 0.6 is 0 Å². The minimum Gasteiger partial charge on any atom is -1.00 e. The molecule has 0 bridgehead atoms. The Morgan fingerprint density at radius 2 is 1.84 bits per heavy atom. The topological polar surface area (TPSA) is 29.1 Å². The summed E-state index contributed by atoms with van der Waals surface area (Å²) in [6.07, 6.45) is 5.72. The van der Waals surface area contributed by atoms with Crippen molar-refractivity contribution >= 4 is 11.9 Å². The zero-order valence-corrected chi connectivity index (χ0v) is 18.9. The summed E-state index contributed by atoms with van der Waals surface area (Å²) in [6.45, 7) is 12.9. The monoisotopic (exact) mass is 488 g/mol. The van der Waals surface area contributed by atoms with E-state index >= 15 is 0 Å².